The normalized spacial score (nSPS) is 25.3. The van der Waals surface area contributed by atoms with Crippen LogP contribution in [0.5, 0.6) is 0 Å². The number of anilines is 1. The lowest BCUT2D eigenvalue weighted by Gasteiger charge is -2.41. The molecule has 1 amide bonds. The molecule has 8 nitrogen and oxygen atoms in total. The number of nitrogens with two attached hydrogens (primary N) is 2. The highest BCUT2D eigenvalue weighted by Crippen LogP contribution is 2.41. The van der Waals surface area contributed by atoms with Crippen molar-refractivity contribution in [2.75, 3.05) is 31.1 Å². The molecule has 1 aromatic rings. The van der Waals surface area contributed by atoms with Crippen molar-refractivity contribution in [1.29, 1.82) is 0 Å². The smallest absolute Gasteiger partial charge is 0.363 e. The molecule has 1 aromatic carbocycles. The monoisotopic (exact) mass is 422 g/mol. The molecule has 3 rings (SSSR count). The van der Waals surface area contributed by atoms with Gasteiger partial charge >= 0.3 is 11.3 Å². The Morgan fingerprint density at radius 2 is 1.79 bits per heavy atom. The molecule has 3 unspecified atom stereocenters. The van der Waals surface area contributed by atoms with Crippen molar-refractivity contribution < 1.29 is 13.6 Å². The lowest BCUT2D eigenvalue weighted by Crippen LogP contribution is -2.54. The molecule has 9 heteroatoms. The van der Waals surface area contributed by atoms with Gasteiger partial charge in [0.15, 0.2) is 11.6 Å². The molecule has 2 saturated heterocycles. The molecule has 0 bridgehead atoms. The Bertz CT molecular complexity index is 808. The van der Waals surface area contributed by atoms with E-state index in [-0.39, 0.29) is 9.85 Å². The molecular formula is C20H32N5O3S+. The van der Waals surface area contributed by atoms with Gasteiger partial charge in [-0.15, -0.1) is 0 Å². The molecule has 5 N–H and O–H groups in total. The number of hydrogen-bond acceptors (Lipinski definition) is 3. The number of piperidine rings is 2. The van der Waals surface area contributed by atoms with Crippen molar-refractivity contribution >= 4 is 34.5 Å². The van der Waals surface area contributed by atoms with E-state index in [0.29, 0.717) is 30.5 Å². The number of amides is 1. The van der Waals surface area contributed by atoms with E-state index >= 15 is 0 Å². The first-order chi connectivity index (χ1) is 13.7. The Kier molecular flexibility index (Phi) is 6.60. The summed E-state index contributed by atoms with van der Waals surface area (Å²) in [5, 5.41) is 0. The first-order valence-corrected chi connectivity index (χ1v) is 11.3. The van der Waals surface area contributed by atoms with E-state index in [4.69, 9.17) is 11.5 Å². The minimum absolute atomic E-state index is 0.0192. The Morgan fingerprint density at radius 3 is 2.34 bits per heavy atom. The van der Waals surface area contributed by atoms with Crippen LogP contribution in [0.25, 0.3) is 0 Å². The number of hydrogen-bond donors (Lipinski definition) is 3. The van der Waals surface area contributed by atoms with E-state index in [1.807, 2.05) is 6.07 Å². The van der Waals surface area contributed by atoms with E-state index in [1.165, 1.54) is 0 Å². The second-order valence-electron chi connectivity index (χ2n) is 8.52. The largest absolute Gasteiger partial charge is 0.370 e. The van der Waals surface area contributed by atoms with Gasteiger partial charge in [-0.25, -0.2) is 0 Å². The van der Waals surface area contributed by atoms with Crippen LogP contribution < -0.4 is 20.3 Å². The minimum atomic E-state index is -2.06. The first kappa shape index (κ1) is 21.7. The number of quaternary nitrogens is 1. The lowest BCUT2D eigenvalue weighted by molar-refractivity contribution is 0.100. The molecule has 0 saturated carbocycles. The number of benzene rings is 1. The molecule has 2 aliphatic heterocycles. The van der Waals surface area contributed by atoms with Crippen molar-refractivity contribution in [3.05, 3.63) is 23.8 Å². The Hall–Kier alpha value is -1.97. The van der Waals surface area contributed by atoms with Crippen molar-refractivity contribution in [3.63, 3.8) is 0 Å². The van der Waals surface area contributed by atoms with E-state index < -0.39 is 17.2 Å². The molecule has 0 radical (unpaired) electrons. The molecule has 2 heterocycles. The fourth-order valence-corrected chi connectivity index (χ4v) is 5.69. The van der Waals surface area contributed by atoms with Gasteiger partial charge in [-0.2, -0.15) is 13.1 Å². The molecule has 2 fully saturated rings. The molecule has 0 aliphatic carbocycles. The fourth-order valence-electron chi connectivity index (χ4n) is 4.80. The van der Waals surface area contributed by atoms with Gasteiger partial charge in [-0.3, -0.25) is 9.35 Å². The van der Waals surface area contributed by atoms with Crippen LogP contribution >= 0.6 is 0 Å². The van der Waals surface area contributed by atoms with Crippen molar-refractivity contribution in [2.24, 2.45) is 28.3 Å². The maximum absolute atomic E-state index is 12.5. The van der Waals surface area contributed by atoms with Crippen LogP contribution in [-0.2, 0) is 11.3 Å². The first-order valence-electron chi connectivity index (χ1n) is 10.2. The highest BCUT2D eigenvalue weighted by atomic mass is 32.2. The van der Waals surface area contributed by atoms with Gasteiger partial charge in [-0.1, -0.05) is 13.8 Å². The van der Waals surface area contributed by atoms with Crippen LogP contribution in [0.2, 0.25) is 0 Å². The minimum Gasteiger partial charge on any atom is -0.370 e. The van der Waals surface area contributed by atoms with Gasteiger partial charge in [0.2, 0.25) is 0 Å². The Labute approximate surface area is 175 Å². The zero-order valence-electron chi connectivity index (χ0n) is 17.2. The summed E-state index contributed by atoms with van der Waals surface area (Å²) in [6.07, 6.45) is 4.00. The third-order valence-electron chi connectivity index (χ3n) is 5.94. The van der Waals surface area contributed by atoms with Crippen LogP contribution in [0.3, 0.4) is 0 Å². The third kappa shape index (κ3) is 4.62. The van der Waals surface area contributed by atoms with Crippen LogP contribution in [0.15, 0.2) is 23.2 Å². The highest BCUT2D eigenvalue weighted by Gasteiger charge is 2.42. The summed E-state index contributed by atoms with van der Waals surface area (Å²) >= 11 is -2.06. The van der Waals surface area contributed by atoms with E-state index in [0.717, 1.165) is 50.1 Å². The van der Waals surface area contributed by atoms with Gasteiger partial charge in [-0.05, 0) is 49.7 Å². The zero-order valence-corrected chi connectivity index (χ0v) is 18.0. The average Bonchev–Trinajstić information content (AvgIpc) is 2.66. The predicted molar refractivity (Wildman–Crippen MR) is 118 cm³/mol. The zero-order chi connectivity index (χ0) is 21.2. The second-order valence-corrected chi connectivity index (χ2v) is 9.68. The number of carbonyl (C=O) groups excluding carboxylic acids is 1. The summed E-state index contributed by atoms with van der Waals surface area (Å²) in [6.45, 7) is 7.33. The second kappa shape index (κ2) is 8.81. The van der Waals surface area contributed by atoms with Gasteiger partial charge in [0.1, 0.15) is 5.69 Å². The van der Waals surface area contributed by atoms with Crippen molar-refractivity contribution in [1.82, 2.24) is 3.89 Å². The van der Waals surface area contributed by atoms with Gasteiger partial charge in [0.25, 0.3) is 5.91 Å². The summed E-state index contributed by atoms with van der Waals surface area (Å²) < 4.78 is 22.9. The van der Waals surface area contributed by atoms with Crippen LogP contribution in [-0.4, -0.2) is 46.8 Å². The topological polar surface area (TPSA) is 122 Å². The number of nitrogens with zero attached hydrogens (tertiary/aromatic N) is 3. The Morgan fingerprint density at radius 1 is 1.17 bits per heavy atom. The summed E-state index contributed by atoms with van der Waals surface area (Å²) in [5.41, 5.74) is 12.8. The molecule has 160 valence electrons. The molecular weight excluding hydrogens is 390 g/mol. The summed E-state index contributed by atoms with van der Waals surface area (Å²) in [6, 6.07) is 5.26. The van der Waals surface area contributed by atoms with Gasteiger partial charge in [0, 0.05) is 24.7 Å². The molecule has 0 spiro atoms. The predicted octanol–water partition coefficient (Wildman–Crippen LogP) is 2.21. The maximum atomic E-state index is 12.5. The highest BCUT2D eigenvalue weighted by molar-refractivity contribution is 7.78. The fraction of sp³-hybridized carbons (Fsp3) is 0.600. The number of guanidine groups is 1. The number of carbonyl (C=O) groups is 1. The maximum Gasteiger partial charge on any atom is 0.363 e. The van der Waals surface area contributed by atoms with Crippen LogP contribution in [0.1, 0.15) is 49.9 Å². The molecule has 0 aromatic heterocycles. The van der Waals surface area contributed by atoms with Gasteiger partial charge in [0.05, 0.1) is 13.1 Å². The molecule has 2 aliphatic rings. The van der Waals surface area contributed by atoms with E-state index in [1.54, 1.807) is 12.1 Å². The van der Waals surface area contributed by atoms with Crippen LogP contribution in [0.4, 0.5) is 11.4 Å². The SMILES string of the molecule is CC1CC(C)CN(c2cc(C(=O)N=C(N)N)ccc2[N+]2(S(=O)O)CCCCC2)C1. The quantitative estimate of drug-likeness (QED) is 0.296. The van der Waals surface area contributed by atoms with Gasteiger partial charge < -0.3 is 16.4 Å². The van der Waals surface area contributed by atoms with Crippen molar-refractivity contribution in [2.45, 2.75) is 39.5 Å². The summed E-state index contributed by atoms with van der Waals surface area (Å²) in [4.78, 5) is 18.4. The van der Waals surface area contributed by atoms with E-state index in [9.17, 15) is 13.6 Å². The summed E-state index contributed by atoms with van der Waals surface area (Å²) in [7, 11) is 0. The number of rotatable bonds is 4. The molecule has 29 heavy (non-hydrogen) atoms. The average molecular weight is 423 g/mol. The lowest BCUT2D eigenvalue weighted by atomic mass is 9.91. The standard InChI is InChI=1S/C20H31N5O3S/c1-14-10-15(2)13-24(12-14)17-11-16(19(26)23-20(21)22)6-7-18(17)25(29(27)28)8-4-3-5-9-25/h6-7,11,14-15H,3-5,8-10,12-13H2,1-2H3,(H4-,21,22,23,26,27,28)/p+1. The number of aliphatic imine (C=N–C) groups is 1. The van der Waals surface area contributed by atoms with E-state index in [2.05, 4.69) is 23.7 Å². The summed E-state index contributed by atoms with van der Waals surface area (Å²) in [5.74, 6) is 0.208. The Balaban J connectivity index is 2.13. The van der Waals surface area contributed by atoms with Crippen LogP contribution in [0, 0.1) is 11.8 Å². The third-order valence-corrected chi connectivity index (χ3v) is 7.10. The molecule has 3 atom stereocenters. The van der Waals surface area contributed by atoms with Crippen molar-refractivity contribution in [3.8, 4) is 0 Å².